The minimum absolute atomic E-state index is 0.0786. The third-order valence-electron chi connectivity index (χ3n) is 5.40. The predicted molar refractivity (Wildman–Crippen MR) is 120 cm³/mol. The van der Waals surface area contributed by atoms with Crippen molar-refractivity contribution in [2.45, 2.75) is 32.7 Å². The van der Waals surface area contributed by atoms with Gasteiger partial charge in [0.25, 0.3) is 0 Å². The zero-order valence-electron chi connectivity index (χ0n) is 17.6. The van der Waals surface area contributed by atoms with E-state index in [0.29, 0.717) is 19.0 Å². The molecule has 4 aromatic rings. The first-order chi connectivity index (χ1) is 14.7. The molecule has 0 bridgehead atoms. The van der Waals surface area contributed by atoms with Crippen LogP contribution in [0.1, 0.15) is 37.1 Å². The second-order valence-electron chi connectivity index (χ2n) is 7.44. The summed E-state index contributed by atoms with van der Waals surface area (Å²) in [5.74, 6) is 0.860. The van der Waals surface area contributed by atoms with Gasteiger partial charge in [-0.05, 0) is 37.6 Å². The van der Waals surface area contributed by atoms with Crippen LogP contribution in [0.25, 0.3) is 10.9 Å². The van der Waals surface area contributed by atoms with Crippen molar-refractivity contribution in [2.75, 3.05) is 18.5 Å². The van der Waals surface area contributed by atoms with Gasteiger partial charge in [0.2, 0.25) is 5.88 Å². The lowest BCUT2D eigenvalue weighted by atomic mass is 9.94. The normalized spacial score (nSPS) is 13.2. The highest BCUT2D eigenvalue weighted by atomic mass is 16.5. The summed E-state index contributed by atoms with van der Waals surface area (Å²) in [5, 5.41) is 9.42. The molecule has 0 radical (unpaired) electrons. The van der Waals surface area contributed by atoms with Crippen LogP contribution in [0.2, 0.25) is 0 Å². The number of aromatic nitrogens is 4. The largest absolute Gasteiger partial charge is 0.477 e. The zero-order chi connectivity index (χ0) is 20.9. The third-order valence-corrected chi connectivity index (χ3v) is 5.40. The van der Waals surface area contributed by atoms with Crippen LogP contribution in [-0.2, 0) is 0 Å². The fraction of sp³-hybridized carbons (Fsp3) is 0.292. The number of benzene rings is 1. The molecule has 0 saturated carbocycles. The van der Waals surface area contributed by atoms with E-state index in [1.165, 1.54) is 5.56 Å². The molecule has 0 aliphatic rings. The molecule has 0 amide bonds. The van der Waals surface area contributed by atoms with Crippen LogP contribution < -0.4 is 10.1 Å². The quantitative estimate of drug-likeness (QED) is 0.451. The number of rotatable bonds is 8. The second kappa shape index (κ2) is 8.95. The molecule has 1 aromatic carbocycles. The fourth-order valence-electron chi connectivity index (χ4n) is 3.75. The van der Waals surface area contributed by atoms with Crippen molar-refractivity contribution in [3.63, 3.8) is 0 Å². The number of aryl methyl sites for hydroxylation is 1. The molecule has 0 spiro atoms. The fourth-order valence-corrected chi connectivity index (χ4v) is 3.75. The Morgan fingerprint density at radius 3 is 2.77 bits per heavy atom. The van der Waals surface area contributed by atoms with Crippen LogP contribution in [0.15, 0.2) is 67.1 Å². The highest BCUT2D eigenvalue weighted by molar-refractivity contribution is 5.81. The molecule has 0 fully saturated rings. The summed E-state index contributed by atoms with van der Waals surface area (Å²) in [6.45, 7) is 7.54. The van der Waals surface area contributed by atoms with E-state index in [1.807, 2.05) is 49.6 Å². The summed E-state index contributed by atoms with van der Waals surface area (Å²) in [6.07, 6.45) is 5.61. The third kappa shape index (κ3) is 4.27. The summed E-state index contributed by atoms with van der Waals surface area (Å²) in [7, 11) is 0. The number of hydrogen-bond donors (Lipinski definition) is 1. The molecule has 4 rings (SSSR count). The van der Waals surface area contributed by atoms with Gasteiger partial charge in [-0.25, -0.2) is 0 Å². The van der Waals surface area contributed by atoms with Crippen LogP contribution in [-0.4, -0.2) is 32.9 Å². The van der Waals surface area contributed by atoms with E-state index in [1.54, 1.807) is 6.20 Å². The molecule has 6 heteroatoms. The number of anilines is 1. The Morgan fingerprint density at radius 2 is 1.97 bits per heavy atom. The van der Waals surface area contributed by atoms with Gasteiger partial charge in [0, 0.05) is 42.0 Å². The zero-order valence-corrected chi connectivity index (χ0v) is 17.6. The van der Waals surface area contributed by atoms with Crippen LogP contribution in [0.5, 0.6) is 5.88 Å². The van der Waals surface area contributed by atoms with Crippen molar-refractivity contribution in [2.24, 2.45) is 0 Å². The van der Waals surface area contributed by atoms with Crippen molar-refractivity contribution in [3.05, 3.63) is 78.4 Å². The number of ether oxygens (including phenoxy) is 1. The Morgan fingerprint density at radius 1 is 1.10 bits per heavy atom. The van der Waals surface area contributed by atoms with E-state index in [0.717, 1.165) is 22.3 Å². The first-order valence-corrected chi connectivity index (χ1v) is 10.3. The maximum absolute atomic E-state index is 5.64. The summed E-state index contributed by atoms with van der Waals surface area (Å²) in [4.78, 5) is 8.87. The number of fused-ring (bicyclic) bond motifs is 1. The van der Waals surface area contributed by atoms with Gasteiger partial charge in [0.05, 0.1) is 30.0 Å². The van der Waals surface area contributed by atoms with Crippen molar-refractivity contribution in [3.8, 4) is 5.88 Å². The van der Waals surface area contributed by atoms with Gasteiger partial charge >= 0.3 is 0 Å². The van der Waals surface area contributed by atoms with E-state index in [-0.39, 0.29) is 12.0 Å². The lowest BCUT2D eigenvalue weighted by Gasteiger charge is -2.26. The first kappa shape index (κ1) is 19.9. The van der Waals surface area contributed by atoms with E-state index >= 15 is 0 Å². The van der Waals surface area contributed by atoms with E-state index in [2.05, 4.69) is 52.0 Å². The van der Waals surface area contributed by atoms with Crippen LogP contribution in [0, 0.1) is 6.92 Å². The highest BCUT2D eigenvalue weighted by Gasteiger charge is 2.24. The van der Waals surface area contributed by atoms with E-state index < -0.39 is 0 Å². The lowest BCUT2D eigenvalue weighted by molar-refractivity contribution is 0.312. The van der Waals surface area contributed by atoms with Gasteiger partial charge in [-0.2, -0.15) is 0 Å². The van der Waals surface area contributed by atoms with Gasteiger partial charge in [0.15, 0.2) is 0 Å². The SMILES string of the molecule is CCOc1cc(C)n(C(CNc2cnc3ccccc3c2)C(C)c2cccnc2)n1. The number of nitrogens with zero attached hydrogens (tertiary/aromatic N) is 4. The van der Waals surface area contributed by atoms with Crippen LogP contribution >= 0.6 is 0 Å². The minimum Gasteiger partial charge on any atom is -0.477 e. The van der Waals surface area contributed by atoms with Gasteiger partial charge in [-0.1, -0.05) is 31.2 Å². The molecule has 30 heavy (non-hydrogen) atoms. The van der Waals surface area contributed by atoms with Gasteiger partial charge in [-0.15, -0.1) is 5.10 Å². The molecule has 3 heterocycles. The maximum Gasteiger partial charge on any atom is 0.232 e. The lowest BCUT2D eigenvalue weighted by Crippen LogP contribution is -2.26. The Hall–Kier alpha value is -3.41. The molecular weight excluding hydrogens is 374 g/mol. The molecule has 1 N–H and O–H groups in total. The number of hydrogen-bond acceptors (Lipinski definition) is 5. The second-order valence-corrected chi connectivity index (χ2v) is 7.44. The van der Waals surface area contributed by atoms with Crippen molar-refractivity contribution >= 4 is 16.6 Å². The molecule has 6 nitrogen and oxygen atoms in total. The molecule has 3 aromatic heterocycles. The van der Waals surface area contributed by atoms with Crippen LogP contribution in [0.4, 0.5) is 5.69 Å². The van der Waals surface area contributed by atoms with E-state index in [9.17, 15) is 0 Å². The van der Waals surface area contributed by atoms with Crippen molar-refractivity contribution in [1.82, 2.24) is 19.7 Å². The minimum atomic E-state index is 0.0786. The van der Waals surface area contributed by atoms with Gasteiger partial charge in [0.1, 0.15) is 0 Å². The summed E-state index contributed by atoms with van der Waals surface area (Å²) in [6, 6.07) is 16.4. The summed E-state index contributed by atoms with van der Waals surface area (Å²) < 4.78 is 7.70. The Kier molecular flexibility index (Phi) is 5.93. The van der Waals surface area contributed by atoms with Crippen molar-refractivity contribution in [1.29, 1.82) is 0 Å². The van der Waals surface area contributed by atoms with E-state index in [4.69, 9.17) is 9.84 Å². The number of para-hydroxylation sites is 1. The average Bonchev–Trinajstić information content (AvgIpc) is 3.14. The predicted octanol–water partition coefficient (Wildman–Crippen LogP) is 4.99. The Balaban J connectivity index is 1.62. The summed E-state index contributed by atoms with van der Waals surface area (Å²) in [5.41, 5.74) is 4.23. The van der Waals surface area contributed by atoms with Crippen molar-refractivity contribution < 1.29 is 4.74 Å². The molecule has 2 unspecified atom stereocenters. The molecule has 0 saturated heterocycles. The summed E-state index contributed by atoms with van der Waals surface area (Å²) >= 11 is 0. The highest BCUT2D eigenvalue weighted by Crippen LogP contribution is 2.30. The number of nitrogens with one attached hydrogen (secondary N) is 1. The molecule has 2 atom stereocenters. The standard InChI is InChI=1S/C24H27N5O/c1-4-30-24-12-17(2)29(28-24)23(18(3)20-9-7-11-25-14-20)16-26-21-13-19-8-5-6-10-22(19)27-15-21/h5-15,18,23,26H,4,16H2,1-3H3. The topological polar surface area (TPSA) is 64.9 Å². The van der Waals surface area contributed by atoms with Crippen LogP contribution in [0.3, 0.4) is 0 Å². The maximum atomic E-state index is 5.64. The molecule has 154 valence electrons. The molecule has 0 aliphatic carbocycles. The molecule has 0 aliphatic heterocycles. The monoisotopic (exact) mass is 401 g/mol. The van der Waals surface area contributed by atoms with Gasteiger partial charge in [-0.3, -0.25) is 14.6 Å². The Bertz CT molecular complexity index is 1110. The smallest absolute Gasteiger partial charge is 0.232 e. The average molecular weight is 402 g/mol. The molecular formula is C24H27N5O. The van der Waals surface area contributed by atoms with Gasteiger partial charge < -0.3 is 10.1 Å². The number of pyridine rings is 2. The Labute approximate surface area is 176 Å². The first-order valence-electron chi connectivity index (χ1n) is 10.3.